The maximum Gasteiger partial charge on any atom is 0.263 e. The van der Waals surface area contributed by atoms with Crippen molar-refractivity contribution in [3.63, 3.8) is 0 Å². The molecule has 3 aliphatic rings. The number of nitrogens with one attached hydrogen (secondary N) is 2. The molecule has 0 bridgehead atoms. The van der Waals surface area contributed by atoms with Gasteiger partial charge >= 0.3 is 0 Å². The van der Waals surface area contributed by atoms with E-state index in [9.17, 15) is 19.2 Å². The monoisotopic (exact) mass is 662 g/mol. The van der Waals surface area contributed by atoms with Gasteiger partial charge in [0.15, 0.2) is 5.78 Å². The average molecular weight is 663 g/mol. The quantitative estimate of drug-likeness (QED) is 0.195. The molecule has 1 unspecified atom stereocenters. The van der Waals surface area contributed by atoms with Gasteiger partial charge in [0.05, 0.1) is 23.4 Å². The van der Waals surface area contributed by atoms with Crippen LogP contribution in [0.25, 0.3) is 11.0 Å². The number of nitrogens with zero attached hydrogens (tertiary/aromatic N) is 6. The molecule has 3 aromatic heterocycles. The fourth-order valence-corrected chi connectivity index (χ4v) is 7.56. The van der Waals surface area contributed by atoms with Crippen molar-refractivity contribution in [1.82, 2.24) is 29.7 Å². The van der Waals surface area contributed by atoms with Crippen LogP contribution in [0.1, 0.15) is 84.5 Å². The summed E-state index contributed by atoms with van der Waals surface area (Å²) in [5, 5.41) is 6.39. The first kappa shape index (κ1) is 32.6. The SMILES string of the molecule is CC(=O)c1c(C)c2cnc(Nc3ccc(N4CCN(CCc5cccc(C6CCC(=O)NC6=O)c5)CC4)cn3)nc2n(C2CCCC2)c1=O. The molecule has 3 fully saturated rings. The third-order valence-electron chi connectivity index (χ3n) is 10.3. The summed E-state index contributed by atoms with van der Waals surface area (Å²) < 4.78 is 1.72. The zero-order valence-corrected chi connectivity index (χ0v) is 28.1. The van der Waals surface area contributed by atoms with Gasteiger partial charge < -0.3 is 10.2 Å². The highest BCUT2D eigenvalue weighted by atomic mass is 16.2. The van der Waals surface area contributed by atoms with E-state index in [-0.39, 0.29) is 40.7 Å². The van der Waals surface area contributed by atoms with E-state index in [0.717, 1.165) is 76.1 Å². The molecule has 12 nitrogen and oxygen atoms in total. The van der Waals surface area contributed by atoms with Crippen molar-refractivity contribution in [3.8, 4) is 0 Å². The first-order valence-corrected chi connectivity index (χ1v) is 17.3. The Kier molecular flexibility index (Phi) is 9.22. The van der Waals surface area contributed by atoms with Crippen LogP contribution in [0.2, 0.25) is 0 Å². The van der Waals surface area contributed by atoms with Crippen molar-refractivity contribution in [2.24, 2.45) is 0 Å². The molecule has 12 heteroatoms. The summed E-state index contributed by atoms with van der Waals surface area (Å²) in [7, 11) is 0. The summed E-state index contributed by atoms with van der Waals surface area (Å²) in [6.45, 7) is 7.81. The molecule has 0 radical (unpaired) electrons. The molecule has 1 atom stereocenters. The lowest BCUT2D eigenvalue weighted by Gasteiger charge is -2.36. The van der Waals surface area contributed by atoms with Gasteiger partial charge in [-0.15, -0.1) is 0 Å². The van der Waals surface area contributed by atoms with Gasteiger partial charge in [-0.05, 0) is 68.4 Å². The normalized spacial score (nSPS) is 19.0. The highest BCUT2D eigenvalue weighted by Gasteiger charge is 2.28. The van der Waals surface area contributed by atoms with Crippen molar-refractivity contribution in [2.75, 3.05) is 42.9 Å². The molecule has 254 valence electrons. The second-order valence-corrected chi connectivity index (χ2v) is 13.5. The van der Waals surface area contributed by atoms with Gasteiger partial charge in [-0.1, -0.05) is 37.1 Å². The van der Waals surface area contributed by atoms with E-state index in [1.807, 2.05) is 30.5 Å². The minimum absolute atomic E-state index is 0.0190. The van der Waals surface area contributed by atoms with E-state index in [1.54, 1.807) is 17.7 Å². The predicted octanol–water partition coefficient (Wildman–Crippen LogP) is 4.44. The number of imide groups is 1. The van der Waals surface area contributed by atoms with Gasteiger partial charge in [0.2, 0.25) is 17.8 Å². The molecule has 1 aromatic carbocycles. The third-order valence-corrected chi connectivity index (χ3v) is 10.3. The fourth-order valence-electron chi connectivity index (χ4n) is 7.56. The molecule has 0 spiro atoms. The van der Waals surface area contributed by atoms with Crippen LogP contribution in [0.15, 0.2) is 53.6 Å². The number of benzene rings is 1. The average Bonchev–Trinajstić information content (AvgIpc) is 3.63. The molecule has 5 heterocycles. The Labute approximate surface area is 284 Å². The number of hydrogen-bond acceptors (Lipinski definition) is 10. The summed E-state index contributed by atoms with van der Waals surface area (Å²) in [6.07, 6.45) is 9.27. The summed E-state index contributed by atoms with van der Waals surface area (Å²) in [5.41, 5.74) is 4.35. The summed E-state index contributed by atoms with van der Waals surface area (Å²) >= 11 is 0. The van der Waals surface area contributed by atoms with Crippen molar-refractivity contribution in [1.29, 1.82) is 0 Å². The van der Waals surface area contributed by atoms with Crippen LogP contribution in [0.3, 0.4) is 0 Å². The number of carbonyl (C=O) groups excluding carboxylic acids is 3. The van der Waals surface area contributed by atoms with Crippen LogP contribution in [0, 0.1) is 6.92 Å². The smallest absolute Gasteiger partial charge is 0.263 e. The van der Waals surface area contributed by atoms with E-state index in [2.05, 4.69) is 42.5 Å². The van der Waals surface area contributed by atoms with Gasteiger partial charge in [0.25, 0.3) is 5.56 Å². The fraction of sp³-hybridized carbons (Fsp3) is 0.432. The molecule has 4 aromatic rings. The molecule has 2 amide bonds. The van der Waals surface area contributed by atoms with E-state index in [0.29, 0.717) is 41.2 Å². The lowest BCUT2D eigenvalue weighted by Crippen LogP contribution is -2.47. The molecule has 2 saturated heterocycles. The lowest BCUT2D eigenvalue weighted by atomic mass is 9.89. The van der Waals surface area contributed by atoms with Crippen LogP contribution in [0.4, 0.5) is 17.5 Å². The van der Waals surface area contributed by atoms with E-state index >= 15 is 0 Å². The molecular weight excluding hydrogens is 620 g/mol. The zero-order valence-electron chi connectivity index (χ0n) is 28.1. The van der Waals surface area contributed by atoms with Crippen molar-refractivity contribution in [2.45, 2.75) is 70.8 Å². The number of pyridine rings is 2. The third kappa shape index (κ3) is 6.82. The van der Waals surface area contributed by atoms with Crippen LogP contribution in [-0.2, 0) is 16.0 Å². The lowest BCUT2D eigenvalue weighted by molar-refractivity contribution is -0.134. The molecule has 49 heavy (non-hydrogen) atoms. The van der Waals surface area contributed by atoms with Gasteiger partial charge in [-0.25, -0.2) is 9.97 Å². The van der Waals surface area contributed by atoms with Crippen LogP contribution >= 0.6 is 0 Å². The topological polar surface area (TPSA) is 142 Å². The molecule has 7 rings (SSSR count). The van der Waals surface area contributed by atoms with E-state index < -0.39 is 0 Å². The maximum atomic E-state index is 13.5. The number of anilines is 3. The minimum atomic E-state index is -0.268. The molecule has 2 aliphatic heterocycles. The Bertz CT molecular complexity index is 1960. The second-order valence-electron chi connectivity index (χ2n) is 13.5. The zero-order chi connectivity index (χ0) is 34.1. The number of rotatable bonds is 9. The second kappa shape index (κ2) is 13.9. The Morgan fingerprint density at radius 2 is 1.78 bits per heavy atom. The van der Waals surface area contributed by atoms with Gasteiger partial charge in [0, 0.05) is 56.8 Å². The molecule has 2 N–H and O–H groups in total. The number of hydrogen-bond donors (Lipinski definition) is 2. The van der Waals surface area contributed by atoms with E-state index in [1.165, 1.54) is 12.5 Å². The largest absolute Gasteiger partial charge is 0.368 e. The Morgan fingerprint density at radius 3 is 2.49 bits per heavy atom. The standard InChI is InChI=1S/C37H42N8O4/c1-23-30-22-39-37(42-34(30)45(27-8-3-4-9-27)36(49)33(23)24(2)46)40-31-12-10-28(21-38-31)44-18-16-43(17-19-44)15-14-25-6-5-7-26(20-25)29-11-13-32(47)41-35(29)48/h5-7,10,12,20-22,27,29H,3-4,8-9,11,13-19H2,1-2H3,(H,41,47,48)(H,38,39,40,42). The highest BCUT2D eigenvalue weighted by molar-refractivity contribution is 6.01. The van der Waals surface area contributed by atoms with Crippen LogP contribution in [0.5, 0.6) is 0 Å². The summed E-state index contributed by atoms with van der Waals surface area (Å²) in [6, 6.07) is 12.2. The van der Waals surface area contributed by atoms with E-state index in [4.69, 9.17) is 4.98 Å². The Balaban J connectivity index is 0.969. The number of piperidine rings is 1. The predicted molar refractivity (Wildman–Crippen MR) is 187 cm³/mol. The number of ketones is 1. The maximum absolute atomic E-state index is 13.5. The number of aryl methyl sites for hydroxylation is 1. The van der Waals surface area contributed by atoms with Crippen LogP contribution < -0.4 is 21.1 Å². The van der Waals surface area contributed by atoms with Crippen LogP contribution in [-0.4, -0.2) is 74.7 Å². The van der Waals surface area contributed by atoms with Gasteiger partial charge in [-0.3, -0.25) is 34.0 Å². The number of carbonyl (C=O) groups is 3. The summed E-state index contributed by atoms with van der Waals surface area (Å²) in [5.74, 6) is 0.0703. The molecule has 1 aliphatic carbocycles. The number of amides is 2. The highest BCUT2D eigenvalue weighted by Crippen LogP contribution is 2.32. The molecule has 1 saturated carbocycles. The number of aromatic nitrogens is 4. The van der Waals surface area contributed by atoms with Crippen molar-refractivity contribution in [3.05, 3.63) is 81.4 Å². The Morgan fingerprint density at radius 1 is 0.980 bits per heavy atom. The Hall–Kier alpha value is -4.97. The van der Waals surface area contributed by atoms with Gasteiger partial charge in [0.1, 0.15) is 11.5 Å². The van der Waals surface area contributed by atoms with Crippen molar-refractivity contribution >= 4 is 46.1 Å². The number of piperazine rings is 1. The van der Waals surface area contributed by atoms with Crippen molar-refractivity contribution < 1.29 is 14.4 Å². The first-order valence-electron chi connectivity index (χ1n) is 17.3. The first-order chi connectivity index (χ1) is 23.7. The molecular formula is C37H42N8O4. The minimum Gasteiger partial charge on any atom is -0.368 e. The summed E-state index contributed by atoms with van der Waals surface area (Å²) in [4.78, 5) is 68.6. The number of Topliss-reactive ketones (excluding diaryl/α,β-unsaturated/α-hetero) is 1. The van der Waals surface area contributed by atoms with Gasteiger partial charge in [-0.2, -0.15) is 4.98 Å². The number of fused-ring (bicyclic) bond motifs is 1.